The second-order valence-corrected chi connectivity index (χ2v) is 7.01. The van der Waals surface area contributed by atoms with Gasteiger partial charge in [0.2, 0.25) is 11.9 Å². The largest absolute Gasteiger partial charge is 0.496 e. The van der Waals surface area contributed by atoms with Crippen molar-refractivity contribution in [2.45, 2.75) is 31.2 Å². The number of rotatable bonds is 4. The lowest BCUT2D eigenvalue weighted by Gasteiger charge is -2.35. The van der Waals surface area contributed by atoms with Gasteiger partial charge in [-0.2, -0.15) is 0 Å². The van der Waals surface area contributed by atoms with Crippen LogP contribution in [0.5, 0.6) is 5.75 Å². The molecule has 26 heavy (non-hydrogen) atoms. The number of guanidine groups is 1. The van der Waals surface area contributed by atoms with Gasteiger partial charge >= 0.3 is 0 Å². The van der Waals surface area contributed by atoms with E-state index in [1.807, 2.05) is 43.3 Å². The maximum atomic E-state index is 12.6. The zero-order valence-electron chi connectivity index (χ0n) is 15.6. The molecule has 0 atom stereocenters. The zero-order chi connectivity index (χ0) is 18.7. The summed E-state index contributed by atoms with van der Waals surface area (Å²) in [5.41, 5.74) is 0.325. The Kier molecular flexibility index (Phi) is 5.15. The zero-order valence-corrected chi connectivity index (χ0v) is 15.6. The Balaban J connectivity index is 1.56. The first-order valence-electron chi connectivity index (χ1n) is 8.93. The van der Waals surface area contributed by atoms with Gasteiger partial charge in [0.15, 0.2) is 0 Å². The summed E-state index contributed by atoms with van der Waals surface area (Å²) in [6, 6.07) is 7.76. The summed E-state index contributed by atoms with van der Waals surface area (Å²) < 4.78 is 5.34. The molecule has 2 aliphatic heterocycles. The van der Waals surface area contributed by atoms with Crippen LogP contribution in [-0.2, 0) is 16.0 Å². The van der Waals surface area contributed by atoms with E-state index in [0.717, 1.165) is 11.3 Å². The molecule has 7 heteroatoms. The third-order valence-electron chi connectivity index (χ3n) is 5.14. The van der Waals surface area contributed by atoms with Crippen LogP contribution in [0, 0.1) is 0 Å². The van der Waals surface area contributed by atoms with E-state index in [2.05, 4.69) is 10.3 Å². The first-order chi connectivity index (χ1) is 12.4. The normalized spacial score (nSPS) is 18.5. The van der Waals surface area contributed by atoms with Crippen LogP contribution in [0.1, 0.15) is 24.8 Å². The molecule has 1 saturated heterocycles. The van der Waals surface area contributed by atoms with Crippen molar-refractivity contribution in [3.8, 4) is 5.75 Å². The highest BCUT2D eigenvalue weighted by molar-refractivity contribution is 6.07. The number of carbonyl (C=O) groups is 2. The number of nitrogens with zero attached hydrogens (tertiary/aromatic N) is 3. The maximum Gasteiger partial charge on any atom is 0.254 e. The van der Waals surface area contributed by atoms with Crippen LogP contribution in [0.15, 0.2) is 29.3 Å². The average Bonchev–Trinajstić information content (AvgIpc) is 2.97. The fourth-order valence-electron chi connectivity index (χ4n) is 3.49. The van der Waals surface area contributed by atoms with E-state index in [-0.39, 0.29) is 11.8 Å². The molecule has 2 aliphatic rings. The second kappa shape index (κ2) is 7.35. The molecule has 0 unspecified atom stereocenters. The molecular weight excluding hydrogens is 332 g/mol. The molecule has 1 aromatic carbocycles. The molecule has 0 aromatic heterocycles. The summed E-state index contributed by atoms with van der Waals surface area (Å²) in [7, 11) is 5.35. The van der Waals surface area contributed by atoms with Gasteiger partial charge in [-0.15, -0.1) is 0 Å². The molecule has 1 N–H and O–H groups in total. The topological polar surface area (TPSA) is 74.2 Å². The Morgan fingerprint density at radius 3 is 2.62 bits per heavy atom. The molecule has 1 spiro atoms. The molecule has 0 radical (unpaired) electrons. The highest BCUT2D eigenvalue weighted by Crippen LogP contribution is 2.30. The molecule has 1 aromatic rings. The minimum atomic E-state index is -0.709. The quantitative estimate of drug-likeness (QED) is 0.873. The number of nitrogens with one attached hydrogen (secondary N) is 1. The number of para-hydroxylation sites is 1. The monoisotopic (exact) mass is 358 g/mol. The number of amides is 2. The van der Waals surface area contributed by atoms with Crippen LogP contribution in [0.4, 0.5) is 0 Å². The third-order valence-corrected chi connectivity index (χ3v) is 5.14. The van der Waals surface area contributed by atoms with Crippen molar-refractivity contribution in [2.75, 3.05) is 34.3 Å². The van der Waals surface area contributed by atoms with Crippen molar-refractivity contribution in [2.24, 2.45) is 4.99 Å². The minimum Gasteiger partial charge on any atom is -0.496 e. The first kappa shape index (κ1) is 18.2. The van der Waals surface area contributed by atoms with Crippen molar-refractivity contribution < 1.29 is 14.3 Å². The average molecular weight is 358 g/mol. The number of aliphatic imine (C=N–C) groups is 1. The summed E-state index contributed by atoms with van der Waals surface area (Å²) in [6.07, 6.45) is 2.22. The van der Waals surface area contributed by atoms with Gasteiger partial charge in [-0.05, 0) is 30.9 Å². The highest BCUT2D eigenvalue weighted by Gasteiger charge is 2.46. The minimum absolute atomic E-state index is 0.0534. The molecule has 1 fully saturated rings. The number of hydrogen-bond acceptors (Lipinski definition) is 5. The summed E-state index contributed by atoms with van der Waals surface area (Å²) in [6.45, 7) is 1.12. The first-order valence-corrected chi connectivity index (χ1v) is 8.93. The Morgan fingerprint density at radius 2 is 2.00 bits per heavy atom. The van der Waals surface area contributed by atoms with Crippen LogP contribution in [0.3, 0.4) is 0 Å². The van der Waals surface area contributed by atoms with Crippen LogP contribution < -0.4 is 10.1 Å². The van der Waals surface area contributed by atoms with Crippen LogP contribution in [0.2, 0.25) is 0 Å². The van der Waals surface area contributed by atoms with E-state index in [1.54, 1.807) is 12.0 Å². The molecule has 0 aliphatic carbocycles. The predicted molar refractivity (Wildman–Crippen MR) is 99.1 cm³/mol. The molecule has 7 nitrogen and oxygen atoms in total. The number of hydrogen-bond donors (Lipinski definition) is 1. The van der Waals surface area contributed by atoms with Crippen molar-refractivity contribution in [3.05, 3.63) is 29.8 Å². The fourth-order valence-corrected chi connectivity index (χ4v) is 3.49. The standard InChI is InChI=1S/C19H26N4O3/c1-22(2)18-20-17(25)19(21-18)10-12-23(13-11-19)16(24)9-8-14-6-4-5-7-15(14)26-3/h4-7H,8-13H2,1-3H3,(H,20,21,25). The smallest absolute Gasteiger partial charge is 0.254 e. The van der Waals surface area contributed by atoms with E-state index in [4.69, 9.17) is 4.74 Å². The van der Waals surface area contributed by atoms with Crippen molar-refractivity contribution in [1.82, 2.24) is 15.1 Å². The summed E-state index contributed by atoms with van der Waals surface area (Å²) in [5, 5.41) is 2.84. The number of benzene rings is 1. The van der Waals surface area contributed by atoms with Gasteiger partial charge in [0, 0.05) is 33.6 Å². The molecule has 3 rings (SSSR count). The van der Waals surface area contributed by atoms with E-state index < -0.39 is 5.54 Å². The van der Waals surface area contributed by atoms with Gasteiger partial charge in [-0.1, -0.05) is 18.2 Å². The maximum absolute atomic E-state index is 12.6. The van der Waals surface area contributed by atoms with Gasteiger partial charge in [0.25, 0.3) is 5.91 Å². The molecule has 2 amide bonds. The van der Waals surface area contributed by atoms with Gasteiger partial charge < -0.3 is 14.5 Å². The number of likely N-dealkylation sites (tertiary alicyclic amines) is 1. The van der Waals surface area contributed by atoms with E-state index in [9.17, 15) is 9.59 Å². The summed E-state index contributed by atoms with van der Waals surface area (Å²) in [4.78, 5) is 33.2. The number of ether oxygens (including phenoxy) is 1. The molecular formula is C19H26N4O3. The van der Waals surface area contributed by atoms with E-state index in [1.165, 1.54) is 0 Å². The molecule has 0 bridgehead atoms. The van der Waals surface area contributed by atoms with Crippen molar-refractivity contribution in [1.29, 1.82) is 0 Å². The Bertz CT molecular complexity index is 721. The van der Waals surface area contributed by atoms with Crippen LogP contribution in [0.25, 0.3) is 0 Å². The van der Waals surface area contributed by atoms with Gasteiger partial charge in [0.1, 0.15) is 11.3 Å². The van der Waals surface area contributed by atoms with Crippen LogP contribution >= 0.6 is 0 Å². The lowest BCUT2D eigenvalue weighted by atomic mass is 9.88. The third kappa shape index (κ3) is 3.52. The lowest BCUT2D eigenvalue weighted by Crippen LogP contribution is -2.50. The molecule has 140 valence electrons. The Labute approximate surface area is 154 Å². The fraction of sp³-hybridized carbons (Fsp3) is 0.526. The highest BCUT2D eigenvalue weighted by atomic mass is 16.5. The number of piperidine rings is 1. The number of carbonyl (C=O) groups excluding carboxylic acids is 2. The van der Waals surface area contributed by atoms with Gasteiger partial charge in [-0.3, -0.25) is 14.9 Å². The number of aryl methyl sites for hydroxylation is 1. The lowest BCUT2D eigenvalue weighted by molar-refractivity contribution is -0.135. The van der Waals surface area contributed by atoms with Crippen molar-refractivity contribution in [3.63, 3.8) is 0 Å². The summed E-state index contributed by atoms with van der Waals surface area (Å²) in [5.74, 6) is 1.47. The Hall–Kier alpha value is -2.57. The SMILES string of the molecule is COc1ccccc1CCC(=O)N1CCC2(CC1)N=C(N(C)C)NC2=O. The van der Waals surface area contributed by atoms with E-state index >= 15 is 0 Å². The second-order valence-electron chi connectivity index (χ2n) is 7.01. The Morgan fingerprint density at radius 1 is 1.31 bits per heavy atom. The summed E-state index contributed by atoms with van der Waals surface area (Å²) >= 11 is 0. The number of methoxy groups -OCH3 is 1. The molecule has 0 saturated carbocycles. The van der Waals surface area contributed by atoms with Crippen LogP contribution in [-0.4, -0.2) is 67.4 Å². The molecule has 2 heterocycles. The van der Waals surface area contributed by atoms with E-state index in [0.29, 0.717) is 44.7 Å². The van der Waals surface area contributed by atoms with Gasteiger partial charge in [-0.25, -0.2) is 4.99 Å². The van der Waals surface area contributed by atoms with Crippen molar-refractivity contribution >= 4 is 17.8 Å². The van der Waals surface area contributed by atoms with Gasteiger partial charge in [0.05, 0.1) is 7.11 Å². The predicted octanol–water partition coefficient (Wildman–Crippen LogP) is 1.04.